The minimum atomic E-state index is -3.52. The molecule has 0 radical (unpaired) electrons. The van der Waals surface area contributed by atoms with E-state index in [9.17, 15) is 13.2 Å². The van der Waals surface area contributed by atoms with Crippen molar-refractivity contribution in [1.82, 2.24) is 13.5 Å². The van der Waals surface area contributed by atoms with E-state index in [1.807, 2.05) is 44.2 Å². The summed E-state index contributed by atoms with van der Waals surface area (Å²) in [4.78, 5) is 14.1. The van der Waals surface area contributed by atoms with E-state index in [0.29, 0.717) is 39.3 Å². The fraction of sp³-hybridized carbons (Fsp3) is 0.611. The lowest BCUT2D eigenvalue weighted by atomic mass is 10.3. The second-order valence-corrected chi connectivity index (χ2v) is 9.01. The molecule has 0 aromatic heterocycles. The van der Waals surface area contributed by atoms with Gasteiger partial charge < -0.3 is 15.0 Å². The quantitative estimate of drug-likeness (QED) is 0.788. The fourth-order valence-electron chi connectivity index (χ4n) is 3.50. The van der Waals surface area contributed by atoms with Crippen LogP contribution in [-0.2, 0) is 19.7 Å². The minimum absolute atomic E-state index is 0.0236. The summed E-state index contributed by atoms with van der Waals surface area (Å²) in [5.74, 6) is -0.0236. The van der Waals surface area contributed by atoms with E-state index in [4.69, 9.17) is 4.74 Å². The lowest BCUT2D eigenvalue weighted by molar-refractivity contribution is -0.130. The van der Waals surface area contributed by atoms with Crippen LogP contribution in [0.3, 0.4) is 0 Å². The van der Waals surface area contributed by atoms with Gasteiger partial charge in [-0.25, -0.2) is 0 Å². The van der Waals surface area contributed by atoms with Crippen LogP contribution >= 0.6 is 0 Å². The molecule has 2 unspecified atom stereocenters. The number of benzene rings is 1. The molecule has 2 saturated heterocycles. The number of carbonyl (C=O) groups is 1. The first-order valence-corrected chi connectivity index (χ1v) is 10.7. The predicted octanol–water partition coefficient (Wildman–Crippen LogP) is 0.597. The Balaban J connectivity index is 1.51. The van der Waals surface area contributed by atoms with Crippen LogP contribution in [0.25, 0.3) is 0 Å². The van der Waals surface area contributed by atoms with Gasteiger partial charge in [0.25, 0.3) is 10.2 Å². The topological polar surface area (TPSA) is 82.2 Å². The monoisotopic (exact) mass is 396 g/mol. The molecular formula is C18H28N4O4S. The van der Waals surface area contributed by atoms with Crippen molar-refractivity contribution in [2.45, 2.75) is 26.1 Å². The normalized spacial score (nSPS) is 25.3. The summed E-state index contributed by atoms with van der Waals surface area (Å²) in [7, 11) is -3.52. The van der Waals surface area contributed by atoms with E-state index in [1.165, 1.54) is 8.61 Å². The smallest absolute Gasteiger partial charge is 0.282 e. The highest BCUT2D eigenvalue weighted by atomic mass is 32.2. The fourth-order valence-corrected chi connectivity index (χ4v) is 5.24. The molecule has 1 aromatic carbocycles. The number of ether oxygens (including phenoxy) is 1. The number of para-hydroxylation sites is 1. The molecular weight excluding hydrogens is 368 g/mol. The third kappa shape index (κ3) is 4.98. The van der Waals surface area contributed by atoms with Crippen LogP contribution in [0, 0.1) is 0 Å². The number of nitrogens with one attached hydrogen (secondary N) is 1. The maximum Gasteiger partial charge on any atom is 0.282 e. The maximum atomic E-state index is 12.9. The number of hydrogen-bond acceptors (Lipinski definition) is 5. The van der Waals surface area contributed by atoms with E-state index < -0.39 is 10.2 Å². The zero-order chi connectivity index (χ0) is 19.4. The number of amides is 1. The van der Waals surface area contributed by atoms with E-state index in [2.05, 4.69) is 5.32 Å². The Hall–Kier alpha value is -1.68. The van der Waals surface area contributed by atoms with E-state index >= 15 is 0 Å². The Kier molecular flexibility index (Phi) is 6.36. The van der Waals surface area contributed by atoms with Crippen LogP contribution in [0.1, 0.15) is 13.8 Å². The van der Waals surface area contributed by atoms with Crippen molar-refractivity contribution >= 4 is 21.8 Å². The third-order valence-corrected chi connectivity index (χ3v) is 6.82. The Morgan fingerprint density at radius 1 is 1.04 bits per heavy atom. The Morgan fingerprint density at radius 3 is 2.22 bits per heavy atom. The molecule has 2 aliphatic heterocycles. The predicted molar refractivity (Wildman–Crippen MR) is 104 cm³/mol. The summed E-state index contributed by atoms with van der Waals surface area (Å²) in [6, 6.07) is 9.54. The highest BCUT2D eigenvalue weighted by molar-refractivity contribution is 7.86. The van der Waals surface area contributed by atoms with Crippen molar-refractivity contribution in [3.8, 4) is 0 Å². The standard InChI is InChI=1S/C18H28N4O4S/c1-15-13-22(14-16(2)26-15)27(24,25)21-10-8-20(9-11-21)18(23)12-19-17-6-4-3-5-7-17/h3-7,15-16,19H,8-14H2,1-2H3. The second kappa shape index (κ2) is 8.55. The maximum absolute atomic E-state index is 12.9. The molecule has 0 spiro atoms. The van der Waals surface area contributed by atoms with E-state index in [-0.39, 0.29) is 24.7 Å². The van der Waals surface area contributed by atoms with Gasteiger partial charge in [-0.3, -0.25) is 4.79 Å². The molecule has 0 aliphatic carbocycles. The van der Waals surface area contributed by atoms with Gasteiger partial charge in [0.15, 0.2) is 0 Å². The second-order valence-electron chi connectivity index (χ2n) is 7.08. The van der Waals surface area contributed by atoms with Gasteiger partial charge in [-0.2, -0.15) is 17.0 Å². The molecule has 1 aromatic rings. The number of piperazine rings is 1. The Morgan fingerprint density at radius 2 is 1.63 bits per heavy atom. The SMILES string of the molecule is CC1CN(S(=O)(=O)N2CCN(C(=O)CNc3ccccc3)CC2)CC(C)O1. The molecule has 9 heteroatoms. The van der Waals surface area contributed by atoms with Crippen molar-refractivity contribution in [1.29, 1.82) is 0 Å². The molecule has 27 heavy (non-hydrogen) atoms. The number of rotatable bonds is 5. The lowest BCUT2D eigenvalue weighted by Crippen LogP contribution is -2.58. The zero-order valence-electron chi connectivity index (χ0n) is 15.9. The first-order valence-electron chi connectivity index (χ1n) is 9.33. The number of carbonyl (C=O) groups excluding carboxylic acids is 1. The van der Waals surface area contributed by atoms with Crippen molar-refractivity contribution in [2.24, 2.45) is 0 Å². The summed E-state index contributed by atoms with van der Waals surface area (Å²) in [5.41, 5.74) is 0.891. The molecule has 2 fully saturated rings. The summed E-state index contributed by atoms with van der Waals surface area (Å²) in [6.45, 7) is 6.16. The molecule has 0 bridgehead atoms. The molecule has 1 N–H and O–H groups in total. The first kappa shape index (κ1) is 20.1. The average Bonchev–Trinajstić information content (AvgIpc) is 2.66. The van der Waals surface area contributed by atoms with Gasteiger partial charge in [0.05, 0.1) is 18.8 Å². The third-order valence-electron chi connectivity index (χ3n) is 4.85. The Labute approximate surface area is 161 Å². The van der Waals surface area contributed by atoms with Crippen molar-refractivity contribution in [3.05, 3.63) is 30.3 Å². The van der Waals surface area contributed by atoms with Gasteiger partial charge in [-0.05, 0) is 26.0 Å². The van der Waals surface area contributed by atoms with Crippen molar-refractivity contribution in [3.63, 3.8) is 0 Å². The summed E-state index contributed by atoms with van der Waals surface area (Å²) in [5, 5.41) is 3.10. The Bertz CT molecular complexity index is 725. The van der Waals surface area contributed by atoms with Crippen LogP contribution in [0.2, 0.25) is 0 Å². The van der Waals surface area contributed by atoms with Crippen molar-refractivity contribution in [2.75, 3.05) is 51.1 Å². The molecule has 8 nitrogen and oxygen atoms in total. The van der Waals surface area contributed by atoms with E-state index in [0.717, 1.165) is 5.69 Å². The molecule has 0 saturated carbocycles. The highest BCUT2D eigenvalue weighted by Crippen LogP contribution is 2.19. The first-order chi connectivity index (χ1) is 12.9. The molecule has 3 rings (SSSR count). The van der Waals surface area contributed by atoms with Gasteiger partial charge in [0, 0.05) is 45.0 Å². The lowest BCUT2D eigenvalue weighted by Gasteiger charge is -2.40. The molecule has 2 atom stereocenters. The number of nitrogens with zero attached hydrogens (tertiary/aromatic N) is 3. The highest BCUT2D eigenvalue weighted by Gasteiger charge is 2.37. The molecule has 1 amide bonds. The van der Waals surface area contributed by atoms with Crippen LogP contribution in [-0.4, -0.2) is 85.9 Å². The van der Waals surface area contributed by atoms with Crippen molar-refractivity contribution < 1.29 is 17.9 Å². The van der Waals surface area contributed by atoms with Gasteiger partial charge in [0.1, 0.15) is 0 Å². The molecule has 2 heterocycles. The van der Waals surface area contributed by atoms with Crippen LogP contribution in [0.15, 0.2) is 30.3 Å². The molecule has 2 aliphatic rings. The largest absolute Gasteiger partial charge is 0.376 e. The van der Waals surface area contributed by atoms with Gasteiger partial charge >= 0.3 is 0 Å². The van der Waals surface area contributed by atoms with E-state index in [1.54, 1.807) is 4.90 Å². The zero-order valence-corrected chi connectivity index (χ0v) is 16.7. The van der Waals surface area contributed by atoms with Crippen LogP contribution < -0.4 is 5.32 Å². The minimum Gasteiger partial charge on any atom is -0.376 e. The van der Waals surface area contributed by atoms with Crippen LogP contribution in [0.5, 0.6) is 0 Å². The summed E-state index contributed by atoms with van der Waals surface area (Å²) >= 11 is 0. The van der Waals surface area contributed by atoms with Gasteiger partial charge in [-0.1, -0.05) is 18.2 Å². The van der Waals surface area contributed by atoms with Gasteiger partial charge in [0.2, 0.25) is 5.91 Å². The number of anilines is 1. The molecule has 150 valence electrons. The van der Waals surface area contributed by atoms with Crippen LogP contribution in [0.4, 0.5) is 5.69 Å². The average molecular weight is 397 g/mol. The van der Waals surface area contributed by atoms with Gasteiger partial charge in [-0.15, -0.1) is 0 Å². The number of hydrogen-bond donors (Lipinski definition) is 1. The summed E-state index contributed by atoms with van der Waals surface area (Å²) < 4.78 is 34.4. The number of morpholine rings is 1. The summed E-state index contributed by atoms with van der Waals surface area (Å²) in [6.07, 6.45) is -0.231.